The molecule has 1 aliphatic rings. The molecule has 36 heavy (non-hydrogen) atoms. The molecule has 2 heterocycles. The Hall–Kier alpha value is -3.36. The van der Waals surface area contributed by atoms with Gasteiger partial charge in [-0.1, -0.05) is 30.3 Å². The van der Waals surface area contributed by atoms with Gasteiger partial charge in [0.2, 0.25) is 5.91 Å². The number of rotatable bonds is 10. The molecule has 1 aromatic heterocycles. The molecular weight excluding hydrogens is 456 g/mol. The molecule has 0 spiro atoms. The largest absolute Gasteiger partial charge is 0.494 e. The van der Waals surface area contributed by atoms with Gasteiger partial charge < -0.3 is 19.5 Å². The number of hydrogen-bond acceptors (Lipinski definition) is 6. The van der Waals surface area contributed by atoms with E-state index in [-0.39, 0.29) is 19.1 Å². The van der Waals surface area contributed by atoms with Crippen molar-refractivity contribution < 1.29 is 19.4 Å². The molecule has 2 aromatic carbocycles. The van der Waals surface area contributed by atoms with Crippen LogP contribution >= 0.6 is 0 Å². The van der Waals surface area contributed by atoms with Crippen LogP contribution in [0.2, 0.25) is 0 Å². The van der Waals surface area contributed by atoms with Gasteiger partial charge in [0.1, 0.15) is 23.7 Å². The number of carbonyl (C=O) groups is 1. The van der Waals surface area contributed by atoms with Crippen LogP contribution in [0.4, 0.5) is 0 Å². The summed E-state index contributed by atoms with van der Waals surface area (Å²) >= 11 is 0. The minimum Gasteiger partial charge on any atom is -0.494 e. The number of para-hydroxylation sites is 1. The van der Waals surface area contributed by atoms with Gasteiger partial charge in [-0.15, -0.1) is 0 Å². The van der Waals surface area contributed by atoms with Gasteiger partial charge in [0.05, 0.1) is 19.3 Å². The summed E-state index contributed by atoms with van der Waals surface area (Å²) < 4.78 is 13.8. The predicted molar refractivity (Wildman–Crippen MR) is 138 cm³/mol. The Labute approximate surface area is 213 Å². The van der Waals surface area contributed by atoms with E-state index < -0.39 is 5.60 Å². The molecule has 1 amide bonds. The van der Waals surface area contributed by atoms with Crippen LogP contribution in [-0.4, -0.2) is 75.6 Å². The maximum atomic E-state index is 12.2. The number of ether oxygens (including phenoxy) is 2. The normalized spacial score (nSPS) is 18.6. The zero-order valence-electron chi connectivity index (χ0n) is 21.2. The molecule has 8 nitrogen and oxygen atoms in total. The van der Waals surface area contributed by atoms with Crippen molar-refractivity contribution in [3.05, 3.63) is 78.1 Å². The van der Waals surface area contributed by atoms with Crippen molar-refractivity contribution in [2.24, 2.45) is 0 Å². The zero-order chi connectivity index (χ0) is 25.4. The Bertz CT molecular complexity index is 1120. The summed E-state index contributed by atoms with van der Waals surface area (Å²) in [5.41, 5.74) is 1.07. The molecule has 3 aromatic rings. The summed E-state index contributed by atoms with van der Waals surface area (Å²) in [6.45, 7) is 7.62. The molecule has 0 radical (unpaired) electrons. The molecule has 0 aliphatic carbocycles. The van der Waals surface area contributed by atoms with Gasteiger partial charge in [-0.05, 0) is 42.3 Å². The van der Waals surface area contributed by atoms with Gasteiger partial charge >= 0.3 is 0 Å². The molecule has 1 fully saturated rings. The smallest absolute Gasteiger partial charge is 0.219 e. The van der Waals surface area contributed by atoms with E-state index in [1.165, 1.54) is 0 Å². The monoisotopic (exact) mass is 492 g/mol. The number of carbonyl (C=O) groups excluding carboxylic acids is 1. The van der Waals surface area contributed by atoms with Gasteiger partial charge in [0.15, 0.2) is 0 Å². The molecule has 1 atom stereocenters. The highest BCUT2D eigenvalue weighted by molar-refractivity contribution is 5.73. The fourth-order valence-corrected chi connectivity index (χ4v) is 4.47. The minimum atomic E-state index is -1.18. The zero-order valence-corrected chi connectivity index (χ0v) is 21.2. The standard InChI is InChI=1S/C28H36N4O4/c1-23-17-29-32(18-23)12-7-15-35-27-11-6-8-25(16-27)19-30-13-14-31(24(2)33)21-28(34,20-30)22-36-26-9-4-3-5-10-26/h3-6,8-11,16-18,34H,7,12-15,19-22H2,1-2H3/t28-/m0/s1. The third-order valence-electron chi connectivity index (χ3n) is 6.25. The molecule has 1 saturated heterocycles. The number of benzene rings is 2. The first-order valence-electron chi connectivity index (χ1n) is 12.5. The molecule has 1 N–H and O–H groups in total. The fraction of sp³-hybridized carbons (Fsp3) is 0.429. The van der Waals surface area contributed by atoms with Crippen molar-refractivity contribution in [1.29, 1.82) is 0 Å². The fourth-order valence-electron chi connectivity index (χ4n) is 4.47. The van der Waals surface area contributed by atoms with Crippen LogP contribution in [0.3, 0.4) is 0 Å². The Balaban J connectivity index is 1.35. The van der Waals surface area contributed by atoms with Crippen molar-refractivity contribution in [1.82, 2.24) is 19.6 Å². The van der Waals surface area contributed by atoms with E-state index in [2.05, 4.69) is 16.1 Å². The lowest BCUT2D eigenvalue weighted by Crippen LogP contribution is -2.51. The van der Waals surface area contributed by atoms with Crippen LogP contribution in [0.5, 0.6) is 11.5 Å². The second kappa shape index (κ2) is 12.1. The lowest BCUT2D eigenvalue weighted by molar-refractivity contribution is -0.132. The van der Waals surface area contributed by atoms with Crippen molar-refractivity contribution in [3.8, 4) is 11.5 Å². The van der Waals surface area contributed by atoms with E-state index in [0.29, 0.717) is 38.5 Å². The number of aromatic nitrogens is 2. The first-order chi connectivity index (χ1) is 17.4. The number of nitrogens with zero attached hydrogens (tertiary/aromatic N) is 4. The average molecular weight is 493 g/mol. The summed E-state index contributed by atoms with van der Waals surface area (Å²) in [6, 6.07) is 17.5. The first-order valence-corrected chi connectivity index (χ1v) is 12.5. The van der Waals surface area contributed by atoms with E-state index in [9.17, 15) is 9.90 Å². The van der Waals surface area contributed by atoms with Crippen LogP contribution in [0.15, 0.2) is 67.0 Å². The van der Waals surface area contributed by atoms with Gasteiger partial charge in [0, 0.05) is 52.3 Å². The topological polar surface area (TPSA) is 80.1 Å². The number of amides is 1. The Morgan fingerprint density at radius 3 is 2.61 bits per heavy atom. The highest BCUT2D eigenvalue weighted by Crippen LogP contribution is 2.21. The van der Waals surface area contributed by atoms with Crippen molar-refractivity contribution >= 4 is 5.91 Å². The van der Waals surface area contributed by atoms with Crippen LogP contribution in [0.25, 0.3) is 0 Å². The lowest BCUT2D eigenvalue weighted by atomic mass is 10.0. The van der Waals surface area contributed by atoms with Crippen LogP contribution in [0.1, 0.15) is 24.5 Å². The van der Waals surface area contributed by atoms with E-state index in [0.717, 1.165) is 29.8 Å². The summed E-state index contributed by atoms with van der Waals surface area (Å²) in [7, 11) is 0. The van der Waals surface area contributed by atoms with E-state index in [4.69, 9.17) is 9.47 Å². The predicted octanol–water partition coefficient (Wildman–Crippen LogP) is 3.13. The van der Waals surface area contributed by atoms with Crippen molar-refractivity contribution in [2.75, 3.05) is 39.4 Å². The van der Waals surface area contributed by atoms with E-state index in [1.54, 1.807) is 11.8 Å². The van der Waals surface area contributed by atoms with Gasteiger partial charge in [-0.25, -0.2) is 0 Å². The second-order valence-corrected chi connectivity index (χ2v) is 9.61. The molecule has 8 heteroatoms. The highest BCUT2D eigenvalue weighted by Gasteiger charge is 2.36. The number of hydrogen-bond donors (Lipinski definition) is 1. The number of aryl methyl sites for hydroxylation is 2. The van der Waals surface area contributed by atoms with Gasteiger partial charge in [0.25, 0.3) is 0 Å². The minimum absolute atomic E-state index is 0.0457. The van der Waals surface area contributed by atoms with Crippen LogP contribution in [-0.2, 0) is 17.9 Å². The SMILES string of the molecule is CC(=O)N1CCN(Cc2cccc(OCCCn3cc(C)cn3)c2)C[C@@](O)(COc2ccccc2)C1. The van der Waals surface area contributed by atoms with E-state index >= 15 is 0 Å². The molecule has 0 bridgehead atoms. The summed E-state index contributed by atoms with van der Waals surface area (Å²) in [5, 5.41) is 15.8. The maximum absolute atomic E-state index is 12.2. The Morgan fingerprint density at radius 2 is 1.86 bits per heavy atom. The highest BCUT2D eigenvalue weighted by atomic mass is 16.5. The molecule has 192 valence electrons. The number of β-amino-alcohol motifs (C(OH)–C–C–N with tert-alkyl or cyclic N) is 1. The third-order valence-corrected chi connectivity index (χ3v) is 6.25. The van der Waals surface area contributed by atoms with Gasteiger partial charge in [-0.3, -0.25) is 14.4 Å². The van der Waals surface area contributed by atoms with Crippen molar-refractivity contribution in [2.45, 2.75) is 39.0 Å². The van der Waals surface area contributed by atoms with Crippen molar-refractivity contribution in [3.63, 3.8) is 0 Å². The van der Waals surface area contributed by atoms with E-state index in [1.807, 2.05) is 72.5 Å². The molecule has 1 aliphatic heterocycles. The third kappa shape index (κ3) is 7.57. The van der Waals surface area contributed by atoms with Crippen LogP contribution < -0.4 is 9.47 Å². The maximum Gasteiger partial charge on any atom is 0.219 e. The molecule has 4 rings (SSSR count). The quantitative estimate of drug-likeness (QED) is 0.438. The summed E-state index contributed by atoms with van der Waals surface area (Å²) in [6.07, 6.45) is 4.76. The first kappa shape index (κ1) is 25.7. The molecule has 0 unspecified atom stereocenters. The number of aliphatic hydroxyl groups is 1. The summed E-state index contributed by atoms with van der Waals surface area (Å²) in [5.74, 6) is 1.48. The second-order valence-electron chi connectivity index (χ2n) is 9.61. The average Bonchev–Trinajstić information content (AvgIpc) is 3.20. The lowest BCUT2D eigenvalue weighted by Gasteiger charge is -2.32. The summed E-state index contributed by atoms with van der Waals surface area (Å²) in [4.78, 5) is 16.1. The Morgan fingerprint density at radius 1 is 1.06 bits per heavy atom. The van der Waals surface area contributed by atoms with Crippen LogP contribution in [0, 0.1) is 6.92 Å². The molecule has 0 saturated carbocycles. The molecular formula is C28H36N4O4. The Kier molecular flexibility index (Phi) is 8.61. The van der Waals surface area contributed by atoms with Gasteiger partial charge in [-0.2, -0.15) is 5.10 Å².